The van der Waals surface area contributed by atoms with Crippen LogP contribution in [0.15, 0.2) is 35.6 Å². The lowest BCUT2D eigenvalue weighted by molar-refractivity contribution is -0.0893. The Morgan fingerprint density at radius 3 is 2.29 bits per heavy atom. The van der Waals surface area contributed by atoms with Gasteiger partial charge in [0.05, 0.1) is 12.2 Å². The van der Waals surface area contributed by atoms with Gasteiger partial charge in [-0.15, -0.1) is 0 Å². The van der Waals surface area contributed by atoms with Crippen LogP contribution in [0.2, 0.25) is 0 Å². The highest BCUT2D eigenvalue weighted by Gasteiger charge is 2.35. The zero-order valence-electron chi connectivity index (χ0n) is 17.3. The van der Waals surface area contributed by atoms with E-state index in [9.17, 15) is 18.0 Å². The van der Waals surface area contributed by atoms with Crippen LogP contribution >= 0.6 is 0 Å². The number of hydrogen-bond donors (Lipinski definition) is 2. The molecule has 0 radical (unpaired) electrons. The van der Waals surface area contributed by atoms with E-state index < -0.39 is 23.4 Å². The molecule has 0 saturated heterocycles. The number of hydrogen-bond acceptors (Lipinski definition) is 4. The van der Waals surface area contributed by atoms with E-state index in [1.165, 1.54) is 6.08 Å². The molecule has 0 heterocycles. The Morgan fingerprint density at radius 1 is 1.29 bits per heavy atom. The predicted octanol–water partition coefficient (Wildman–Crippen LogP) is 5.03. The Balaban J connectivity index is 5.52. The number of halogens is 3. The molecule has 0 saturated carbocycles. The molecular weight excluding hydrogens is 375 g/mol. The van der Waals surface area contributed by atoms with Gasteiger partial charge in [0.1, 0.15) is 18.0 Å². The average Bonchev–Trinajstić information content (AvgIpc) is 2.55. The number of alkyl halides is 3. The van der Waals surface area contributed by atoms with Gasteiger partial charge in [0.25, 0.3) is 0 Å². The summed E-state index contributed by atoms with van der Waals surface area (Å²) in [5.41, 5.74) is -1.63. The molecule has 0 aromatic carbocycles. The average molecular weight is 407 g/mol. The number of carbonyl (C=O) groups is 1. The summed E-state index contributed by atoms with van der Waals surface area (Å²) in [5, 5.41) is 11.6. The third-order valence-electron chi connectivity index (χ3n) is 3.70. The van der Waals surface area contributed by atoms with Crippen LogP contribution in [-0.4, -0.2) is 42.2 Å². The Morgan fingerprint density at radius 2 is 1.89 bits per heavy atom. The fraction of sp³-hybridized carbons (Fsp3) is 0.650. The first-order chi connectivity index (χ1) is 12.9. The van der Waals surface area contributed by atoms with Crippen molar-refractivity contribution < 1.29 is 32.5 Å². The first-order valence-electron chi connectivity index (χ1n) is 9.22. The maximum Gasteiger partial charge on any atom is 0.416 e. The fourth-order valence-corrected chi connectivity index (χ4v) is 2.47. The molecule has 0 rings (SSSR count). The smallest absolute Gasteiger partial charge is 0.416 e. The van der Waals surface area contributed by atoms with E-state index in [1.54, 1.807) is 27.7 Å². The van der Waals surface area contributed by atoms with Crippen molar-refractivity contribution in [3.63, 3.8) is 0 Å². The molecule has 2 N–H and O–H groups in total. The number of ether oxygens (including phenoxy) is 2. The van der Waals surface area contributed by atoms with Crippen molar-refractivity contribution >= 4 is 6.09 Å². The van der Waals surface area contributed by atoms with E-state index >= 15 is 0 Å². The molecule has 0 bridgehead atoms. The number of aliphatic hydroxyl groups excluding tert-OH is 1. The Labute approximate surface area is 165 Å². The maximum absolute atomic E-state index is 13.4. The number of amides is 1. The lowest BCUT2D eigenvalue weighted by Crippen LogP contribution is -2.39. The molecule has 5 nitrogen and oxygen atoms in total. The summed E-state index contributed by atoms with van der Waals surface area (Å²) in [4.78, 5) is 11.9. The van der Waals surface area contributed by atoms with Crippen LogP contribution in [0.5, 0.6) is 0 Å². The maximum atomic E-state index is 13.4. The van der Waals surface area contributed by atoms with Gasteiger partial charge in [0.15, 0.2) is 0 Å². The minimum Gasteiger partial charge on any atom is -0.491 e. The molecule has 0 aliphatic heterocycles. The first kappa shape index (κ1) is 26.0. The van der Waals surface area contributed by atoms with Crippen molar-refractivity contribution in [3.05, 3.63) is 35.6 Å². The van der Waals surface area contributed by atoms with Crippen LogP contribution < -0.4 is 5.32 Å². The largest absolute Gasteiger partial charge is 0.491 e. The van der Waals surface area contributed by atoms with Gasteiger partial charge in [0.2, 0.25) is 0 Å². The van der Waals surface area contributed by atoms with E-state index in [0.717, 1.165) is 6.08 Å². The van der Waals surface area contributed by atoms with Crippen molar-refractivity contribution in [1.29, 1.82) is 0 Å². The molecular formula is C20H32F3NO4. The molecule has 1 atom stereocenters. The van der Waals surface area contributed by atoms with Crippen LogP contribution in [0.4, 0.5) is 18.0 Å². The first-order valence-corrected chi connectivity index (χ1v) is 9.22. The second kappa shape index (κ2) is 11.8. The summed E-state index contributed by atoms with van der Waals surface area (Å²) in [7, 11) is 0. The summed E-state index contributed by atoms with van der Waals surface area (Å²) >= 11 is 0. The number of rotatable bonds is 10. The van der Waals surface area contributed by atoms with Crippen molar-refractivity contribution in [1.82, 2.24) is 5.32 Å². The summed E-state index contributed by atoms with van der Waals surface area (Å²) in [6.45, 7) is 11.4. The SMILES string of the molecule is C=C/C(=C(CC[C@@H](CC)NC(=O)OC(C)(C)C)\C(=C/C)OCCO)C(F)(F)F. The summed E-state index contributed by atoms with van der Waals surface area (Å²) in [6.07, 6.45) is -2.28. The standard InChI is InChI=1S/C20H32F3NO4/c1-7-14(24-18(26)28-19(4,5)6)10-11-15(16(8-2)20(21,22)23)17(9-3)27-13-12-25/h8-9,14,25H,2,7,10-13H2,1,3-6H3,(H,24,26)/b16-15+,17-9+/t14-/m1/s1. The third kappa shape index (κ3) is 9.82. The second-order valence-corrected chi connectivity index (χ2v) is 7.11. The summed E-state index contributed by atoms with van der Waals surface area (Å²) in [5.74, 6) is 0.0356. The highest BCUT2D eigenvalue weighted by atomic mass is 19.4. The Kier molecular flexibility index (Phi) is 11.0. The molecule has 0 unspecified atom stereocenters. The quantitative estimate of drug-likeness (QED) is 0.394. The van der Waals surface area contributed by atoms with Crippen LogP contribution in [0.1, 0.15) is 53.9 Å². The number of nitrogens with one attached hydrogen (secondary N) is 1. The number of carbonyl (C=O) groups excluding carboxylic acids is 1. The Hall–Kier alpha value is -1.96. The molecule has 0 fully saturated rings. The van der Waals surface area contributed by atoms with Gasteiger partial charge in [-0.05, 0) is 53.0 Å². The van der Waals surface area contributed by atoms with E-state index in [-0.39, 0.29) is 43.4 Å². The van der Waals surface area contributed by atoms with E-state index in [0.29, 0.717) is 6.42 Å². The zero-order chi connectivity index (χ0) is 22.0. The molecule has 1 amide bonds. The van der Waals surface area contributed by atoms with Crippen molar-refractivity contribution in [2.75, 3.05) is 13.2 Å². The molecule has 0 aromatic heterocycles. The topological polar surface area (TPSA) is 67.8 Å². The van der Waals surface area contributed by atoms with Crippen molar-refractivity contribution in [2.24, 2.45) is 0 Å². The van der Waals surface area contributed by atoms with E-state index in [4.69, 9.17) is 14.6 Å². The predicted molar refractivity (Wildman–Crippen MR) is 103 cm³/mol. The normalized spacial score (nSPS) is 14.8. The highest BCUT2D eigenvalue weighted by Crippen LogP contribution is 2.34. The lowest BCUT2D eigenvalue weighted by Gasteiger charge is -2.24. The van der Waals surface area contributed by atoms with Gasteiger partial charge in [-0.2, -0.15) is 13.2 Å². The van der Waals surface area contributed by atoms with Gasteiger partial charge in [-0.3, -0.25) is 0 Å². The van der Waals surface area contributed by atoms with Crippen LogP contribution in [0.3, 0.4) is 0 Å². The monoisotopic (exact) mass is 407 g/mol. The van der Waals surface area contributed by atoms with Gasteiger partial charge in [0, 0.05) is 11.6 Å². The van der Waals surface area contributed by atoms with Gasteiger partial charge in [-0.1, -0.05) is 19.6 Å². The van der Waals surface area contributed by atoms with Crippen molar-refractivity contribution in [3.8, 4) is 0 Å². The third-order valence-corrected chi connectivity index (χ3v) is 3.70. The summed E-state index contributed by atoms with van der Waals surface area (Å²) < 4.78 is 50.8. The van der Waals surface area contributed by atoms with Crippen LogP contribution in [-0.2, 0) is 9.47 Å². The van der Waals surface area contributed by atoms with Crippen molar-refractivity contribution in [2.45, 2.75) is 71.7 Å². The molecule has 0 aliphatic rings. The molecule has 8 heteroatoms. The van der Waals surface area contributed by atoms with Gasteiger partial charge < -0.3 is 19.9 Å². The van der Waals surface area contributed by atoms with E-state index in [2.05, 4.69) is 11.9 Å². The zero-order valence-corrected chi connectivity index (χ0v) is 17.3. The molecule has 0 spiro atoms. The molecule has 28 heavy (non-hydrogen) atoms. The molecule has 0 aromatic rings. The highest BCUT2D eigenvalue weighted by molar-refractivity contribution is 5.68. The minimum atomic E-state index is -4.60. The van der Waals surface area contributed by atoms with E-state index in [1.807, 2.05) is 6.92 Å². The molecule has 0 aliphatic carbocycles. The number of alkyl carbamates (subject to hydrolysis) is 1. The molecule has 162 valence electrons. The summed E-state index contributed by atoms with van der Waals surface area (Å²) in [6, 6.07) is -0.375. The Bertz CT molecular complexity index is 575. The number of aliphatic hydroxyl groups is 1. The van der Waals surface area contributed by atoms with Crippen LogP contribution in [0, 0.1) is 0 Å². The van der Waals surface area contributed by atoms with Gasteiger partial charge >= 0.3 is 12.3 Å². The fourth-order valence-electron chi connectivity index (χ4n) is 2.47. The van der Waals surface area contributed by atoms with Gasteiger partial charge in [-0.25, -0.2) is 4.79 Å². The number of allylic oxidation sites excluding steroid dienone is 4. The minimum absolute atomic E-state index is 0.000268. The van der Waals surface area contributed by atoms with Crippen LogP contribution in [0.25, 0.3) is 0 Å². The lowest BCUT2D eigenvalue weighted by atomic mass is 9.97. The second-order valence-electron chi connectivity index (χ2n) is 7.11.